The van der Waals surface area contributed by atoms with Crippen molar-refractivity contribution in [3.63, 3.8) is 0 Å². The van der Waals surface area contributed by atoms with Crippen molar-refractivity contribution in [3.05, 3.63) is 54.0 Å². The number of piperazine rings is 1. The van der Waals surface area contributed by atoms with Gasteiger partial charge in [0.1, 0.15) is 12.3 Å². The molecule has 0 amide bonds. The van der Waals surface area contributed by atoms with Gasteiger partial charge in [-0.25, -0.2) is 0 Å². The van der Waals surface area contributed by atoms with Gasteiger partial charge in [0.2, 0.25) is 0 Å². The average molecular weight is 257 g/mol. The first-order chi connectivity index (χ1) is 9.31. The molecule has 3 rings (SSSR count). The Morgan fingerprint density at radius 3 is 2.42 bits per heavy atom. The third kappa shape index (κ3) is 2.99. The summed E-state index contributed by atoms with van der Waals surface area (Å²) >= 11 is 0. The molecular formula is C16H21N2O+. The third-order valence-electron chi connectivity index (χ3n) is 3.81. The summed E-state index contributed by atoms with van der Waals surface area (Å²) in [5, 5.41) is 0. The van der Waals surface area contributed by atoms with E-state index in [9.17, 15) is 0 Å². The number of quaternary nitrogens is 1. The molecule has 2 heterocycles. The highest BCUT2D eigenvalue weighted by atomic mass is 16.3. The molecule has 0 radical (unpaired) electrons. The molecule has 1 aliphatic rings. The molecule has 1 N–H and O–H groups in total. The van der Waals surface area contributed by atoms with Crippen LogP contribution in [-0.2, 0) is 6.54 Å². The Morgan fingerprint density at radius 1 is 1.05 bits per heavy atom. The van der Waals surface area contributed by atoms with Gasteiger partial charge in [-0.05, 0) is 31.2 Å². The molecule has 0 unspecified atom stereocenters. The van der Waals surface area contributed by atoms with Crippen molar-refractivity contribution in [2.24, 2.45) is 0 Å². The van der Waals surface area contributed by atoms with Crippen molar-refractivity contribution < 1.29 is 9.32 Å². The second-order valence-electron chi connectivity index (χ2n) is 5.26. The maximum atomic E-state index is 5.66. The van der Waals surface area contributed by atoms with E-state index in [1.54, 1.807) is 4.90 Å². The van der Waals surface area contributed by atoms with E-state index >= 15 is 0 Å². The van der Waals surface area contributed by atoms with Gasteiger partial charge in [0.05, 0.1) is 26.2 Å². The van der Waals surface area contributed by atoms with Gasteiger partial charge in [0.15, 0.2) is 5.76 Å². The highest BCUT2D eigenvalue weighted by Gasteiger charge is 2.20. The van der Waals surface area contributed by atoms with Crippen LogP contribution in [0.3, 0.4) is 0 Å². The Labute approximate surface area is 114 Å². The summed E-state index contributed by atoms with van der Waals surface area (Å²) in [5.41, 5.74) is 1.34. The van der Waals surface area contributed by atoms with E-state index in [0.29, 0.717) is 0 Å². The number of hydrogen-bond donors (Lipinski definition) is 1. The summed E-state index contributed by atoms with van der Waals surface area (Å²) in [4.78, 5) is 4.08. The van der Waals surface area contributed by atoms with Gasteiger partial charge in [-0.2, -0.15) is 0 Å². The van der Waals surface area contributed by atoms with Crippen LogP contribution >= 0.6 is 0 Å². The Balaban J connectivity index is 1.55. The zero-order chi connectivity index (χ0) is 13.1. The van der Waals surface area contributed by atoms with Crippen molar-refractivity contribution in [2.45, 2.75) is 13.5 Å². The maximum absolute atomic E-state index is 5.66. The molecule has 1 saturated heterocycles. The van der Waals surface area contributed by atoms with Crippen LogP contribution in [0.4, 0.5) is 5.69 Å². The number of nitrogens with one attached hydrogen (secondary N) is 1. The highest BCUT2D eigenvalue weighted by molar-refractivity contribution is 5.46. The van der Waals surface area contributed by atoms with E-state index in [0.717, 1.165) is 31.2 Å². The van der Waals surface area contributed by atoms with Crippen molar-refractivity contribution >= 4 is 5.69 Å². The molecule has 100 valence electrons. The number of rotatable bonds is 3. The van der Waals surface area contributed by atoms with Crippen LogP contribution in [0.1, 0.15) is 11.5 Å². The number of aryl methyl sites for hydroxylation is 1. The van der Waals surface area contributed by atoms with Crippen LogP contribution in [0.15, 0.2) is 46.9 Å². The molecule has 1 aromatic heterocycles. The Hall–Kier alpha value is -1.74. The summed E-state index contributed by atoms with van der Waals surface area (Å²) < 4.78 is 5.66. The normalized spacial score (nSPS) is 16.8. The second-order valence-corrected chi connectivity index (χ2v) is 5.26. The molecule has 1 fully saturated rings. The SMILES string of the molecule is Cc1ccc(C[NH+]2CCN(c3ccccc3)CC2)o1. The smallest absolute Gasteiger partial charge is 0.158 e. The van der Waals surface area contributed by atoms with Gasteiger partial charge in [-0.1, -0.05) is 18.2 Å². The molecule has 0 spiro atoms. The van der Waals surface area contributed by atoms with Gasteiger partial charge in [-0.15, -0.1) is 0 Å². The fraction of sp³-hybridized carbons (Fsp3) is 0.375. The van der Waals surface area contributed by atoms with Crippen LogP contribution in [0, 0.1) is 6.92 Å². The number of hydrogen-bond acceptors (Lipinski definition) is 2. The monoisotopic (exact) mass is 257 g/mol. The molecule has 1 aliphatic heterocycles. The van der Waals surface area contributed by atoms with Gasteiger partial charge < -0.3 is 14.2 Å². The molecule has 0 saturated carbocycles. The van der Waals surface area contributed by atoms with E-state index in [1.807, 2.05) is 6.92 Å². The summed E-state index contributed by atoms with van der Waals surface area (Å²) in [7, 11) is 0. The fourth-order valence-electron chi connectivity index (χ4n) is 2.72. The van der Waals surface area contributed by atoms with Crippen LogP contribution in [0.25, 0.3) is 0 Å². The molecule has 2 aromatic rings. The average Bonchev–Trinajstić information content (AvgIpc) is 2.86. The Morgan fingerprint density at radius 2 is 1.79 bits per heavy atom. The Kier molecular flexibility index (Phi) is 3.56. The van der Waals surface area contributed by atoms with Crippen molar-refractivity contribution in [3.8, 4) is 0 Å². The lowest BCUT2D eigenvalue weighted by Crippen LogP contribution is -3.13. The molecule has 3 heteroatoms. The summed E-state index contributed by atoms with van der Waals surface area (Å²) in [6, 6.07) is 14.8. The first kappa shape index (κ1) is 12.3. The number of anilines is 1. The lowest BCUT2D eigenvalue weighted by atomic mass is 10.2. The van der Waals surface area contributed by atoms with Crippen LogP contribution in [0.5, 0.6) is 0 Å². The molecule has 1 aromatic carbocycles. The highest BCUT2D eigenvalue weighted by Crippen LogP contribution is 2.12. The quantitative estimate of drug-likeness (QED) is 0.899. The molecule has 0 atom stereocenters. The number of nitrogens with zero attached hydrogens (tertiary/aromatic N) is 1. The van der Waals surface area contributed by atoms with Crippen molar-refractivity contribution in [2.75, 3.05) is 31.1 Å². The maximum Gasteiger partial charge on any atom is 0.158 e. The predicted octanol–water partition coefficient (Wildman–Crippen LogP) is 1.49. The minimum absolute atomic E-state index is 1.01. The summed E-state index contributed by atoms with van der Waals surface area (Å²) in [5.74, 6) is 2.12. The lowest BCUT2D eigenvalue weighted by molar-refractivity contribution is -0.915. The minimum atomic E-state index is 1.01. The van der Waals surface area contributed by atoms with E-state index in [1.165, 1.54) is 18.8 Å². The molecule has 0 bridgehead atoms. The molecular weight excluding hydrogens is 236 g/mol. The summed E-state index contributed by atoms with van der Waals surface area (Å²) in [6.45, 7) is 7.62. The minimum Gasteiger partial charge on any atom is -0.460 e. The third-order valence-corrected chi connectivity index (χ3v) is 3.81. The van der Waals surface area contributed by atoms with Gasteiger partial charge >= 0.3 is 0 Å². The molecule has 19 heavy (non-hydrogen) atoms. The first-order valence-corrected chi connectivity index (χ1v) is 7.00. The van der Waals surface area contributed by atoms with Crippen molar-refractivity contribution in [1.29, 1.82) is 0 Å². The molecule has 0 aliphatic carbocycles. The van der Waals surface area contributed by atoms with Gasteiger partial charge in [0.25, 0.3) is 0 Å². The topological polar surface area (TPSA) is 20.8 Å². The van der Waals surface area contributed by atoms with Crippen molar-refractivity contribution in [1.82, 2.24) is 0 Å². The van der Waals surface area contributed by atoms with Crippen LogP contribution in [-0.4, -0.2) is 26.2 Å². The number of furan rings is 1. The largest absolute Gasteiger partial charge is 0.460 e. The van der Waals surface area contributed by atoms with E-state index in [2.05, 4.69) is 47.4 Å². The number of benzene rings is 1. The first-order valence-electron chi connectivity index (χ1n) is 7.00. The predicted molar refractivity (Wildman–Crippen MR) is 76.5 cm³/mol. The zero-order valence-corrected chi connectivity index (χ0v) is 11.4. The molecule has 3 nitrogen and oxygen atoms in total. The number of para-hydroxylation sites is 1. The lowest BCUT2D eigenvalue weighted by Gasteiger charge is -2.33. The Bertz CT molecular complexity index is 513. The summed E-state index contributed by atoms with van der Waals surface area (Å²) in [6.07, 6.45) is 0. The van der Waals surface area contributed by atoms with Crippen LogP contribution < -0.4 is 9.80 Å². The van der Waals surface area contributed by atoms with Crippen LogP contribution in [0.2, 0.25) is 0 Å². The fourth-order valence-corrected chi connectivity index (χ4v) is 2.72. The second kappa shape index (κ2) is 5.49. The van der Waals surface area contributed by atoms with E-state index in [4.69, 9.17) is 4.42 Å². The van der Waals surface area contributed by atoms with E-state index < -0.39 is 0 Å². The zero-order valence-electron chi connectivity index (χ0n) is 11.4. The van der Waals surface area contributed by atoms with Gasteiger partial charge in [0, 0.05) is 5.69 Å². The standard InChI is InChI=1S/C16H20N2O/c1-14-7-8-16(19-14)13-17-9-11-18(12-10-17)15-5-3-2-4-6-15/h2-8H,9-13H2,1H3/p+1. The van der Waals surface area contributed by atoms with E-state index in [-0.39, 0.29) is 0 Å². The van der Waals surface area contributed by atoms with Gasteiger partial charge in [-0.3, -0.25) is 0 Å².